The Morgan fingerprint density at radius 3 is 2.47 bits per heavy atom. The number of hydrogen-bond acceptors (Lipinski definition) is 4. The van der Waals surface area contributed by atoms with E-state index in [1.54, 1.807) is 7.11 Å². The number of sulfone groups is 1. The van der Waals surface area contributed by atoms with Crippen molar-refractivity contribution < 1.29 is 17.9 Å². The number of fused-ring (bicyclic) bond motifs is 1. The van der Waals surface area contributed by atoms with E-state index in [0.717, 1.165) is 46.3 Å². The third-order valence-corrected chi connectivity index (χ3v) is 8.36. The maximum Gasteiger partial charge on any atom is 0.223 e. The highest BCUT2D eigenvalue weighted by Gasteiger charge is 2.41. The lowest BCUT2D eigenvalue weighted by Gasteiger charge is -2.28. The van der Waals surface area contributed by atoms with Crippen LogP contribution in [0.15, 0.2) is 48.5 Å². The van der Waals surface area contributed by atoms with Crippen molar-refractivity contribution in [3.63, 3.8) is 0 Å². The maximum atomic E-state index is 13.3. The molecule has 1 saturated carbocycles. The van der Waals surface area contributed by atoms with Gasteiger partial charge in [-0.25, -0.2) is 8.42 Å². The van der Waals surface area contributed by atoms with Gasteiger partial charge in [-0.15, -0.1) is 0 Å². The highest BCUT2D eigenvalue weighted by atomic mass is 32.2. The van der Waals surface area contributed by atoms with Gasteiger partial charge in [-0.05, 0) is 67.1 Å². The Hall–Kier alpha value is -2.80. The van der Waals surface area contributed by atoms with Crippen molar-refractivity contribution in [2.24, 2.45) is 0 Å². The molecule has 3 aromatic rings. The zero-order chi connectivity index (χ0) is 22.3. The van der Waals surface area contributed by atoms with Gasteiger partial charge in [0.25, 0.3) is 0 Å². The number of hydrogen-bond donors (Lipinski definition) is 1. The second-order valence-corrected chi connectivity index (χ2v) is 11.1. The van der Waals surface area contributed by atoms with Crippen LogP contribution in [0.25, 0.3) is 22.2 Å². The number of amides is 1. The molecule has 168 valence electrons. The van der Waals surface area contributed by atoms with Crippen LogP contribution in [0, 0.1) is 0 Å². The predicted octanol–water partition coefficient (Wildman–Crippen LogP) is 3.95. The van der Waals surface area contributed by atoms with Crippen LogP contribution in [0.5, 0.6) is 5.75 Å². The molecule has 7 heteroatoms. The Labute approximate surface area is 188 Å². The third kappa shape index (κ3) is 4.13. The summed E-state index contributed by atoms with van der Waals surface area (Å²) >= 11 is 0. The monoisotopic (exact) mass is 452 g/mol. The summed E-state index contributed by atoms with van der Waals surface area (Å²) < 4.78 is 29.3. The van der Waals surface area contributed by atoms with Crippen LogP contribution in [0.3, 0.4) is 0 Å². The molecule has 32 heavy (non-hydrogen) atoms. The minimum Gasteiger partial charge on any atom is -0.497 e. The molecule has 2 heterocycles. The van der Waals surface area contributed by atoms with Crippen molar-refractivity contribution in [1.82, 2.24) is 9.88 Å². The molecule has 0 radical (unpaired) electrons. The Morgan fingerprint density at radius 2 is 1.81 bits per heavy atom. The second kappa shape index (κ2) is 8.28. The maximum absolute atomic E-state index is 13.3. The second-order valence-electron chi connectivity index (χ2n) is 8.84. The highest BCUT2D eigenvalue weighted by Crippen LogP contribution is 2.35. The lowest BCUT2D eigenvalue weighted by Crippen LogP contribution is -2.42. The molecule has 1 amide bonds. The first-order chi connectivity index (χ1) is 15.4. The molecule has 0 bridgehead atoms. The molecule has 1 atom stereocenters. The summed E-state index contributed by atoms with van der Waals surface area (Å²) in [5.41, 5.74) is 4.23. The summed E-state index contributed by atoms with van der Waals surface area (Å²) in [5.74, 6) is 1.17. The number of carbonyl (C=O) groups is 1. The molecular formula is C25H28N2O4S. The first-order valence-corrected chi connectivity index (χ1v) is 13.0. The lowest BCUT2D eigenvalue weighted by atomic mass is 10.0. The molecule has 2 fully saturated rings. The Balaban J connectivity index is 1.41. The van der Waals surface area contributed by atoms with Crippen LogP contribution in [-0.2, 0) is 21.1 Å². The van der Waals surface area contributed by atoms with E-state index in [1.807, 2.05) is 47.4 Å². The smallest absolute Gasteiger partial charge is 0.223 e. The number of nitrogens with zero attached hydrogens (tertiary/aromatic N) is 1. The van der Waals surface area contributed by atoms with Crippen molar-refractivity contribution in [3.05, 3.63) is 54.1 Å². The van der Waals surface area contributed by atoms with Crippen LogP contribution in [-0.4, -0.2) is 54.9 Å². The molecule has 0 spiro atoms. The van der Waals surface area contributed by atoms with Gasteiger partial charge in [0.2, 0.25) is 5.91 Å². The summed E-state index contributed by atoms with van der Waals surface area (Å²) in [6.07, 6.45) is 3.50. The van der Waals surface area contributed by atoms with Gasteiger partial charge in [-0.2, -0.15) is 0 Å². The van der Waals surface area contributed by atoms with Crippen molar-refractivity contribution in [2.45, 2.75) is 44.2 Å². The largest absolute Gasteiger partial charge is 0.497 e. The van der Waals surface area contributed by atoms with E-state index >= 15 is 0 Å². The molecule has 1 aliphatic carbocycles. The van der Waals surface area contributed by atoms with Gasteiger partial charge in [0.05, 0.1) is 18.6 Å². The lowest BCUT2D eigenvalue weighted by molar-refractivity contribution is -0.133. The zero-order valence-corrected chi connectivity index (χ0v) is 19.0. The van der Waals surface area contributed by atoms with Crippen molar-refractivity contribution in [3.8, 4) is 17.0 Å². The molecule has 1 saturated heterocycles. The molecule has 1 unspecified atom stereocenters. The standard InChI is InChI=1S/C25H28N2O4S/c1-31-20-10-6-17(7-11-20)25-22(21-4-2-3-5-23(21)26-25)12-13-24(28)27(18-8-9-18)19-14-15-32(29,30)16-19/h2-7,10-11,18-19,26H,8-9,12-16H2,1H3. The van der Waals surface area contributed by atoms with E-state index in [2.05, 4.69) is 11.1 Å². The van der Waals surface area contributed by atoms with Crippen LogP contribution in [0.4, 0.5) is 0 Å². The third-order valence-electron chi connectivity index (χ3n) is 6.61. The predicted molar refractivity (Wildman–Crippen MR) is 126 cm³/mol. The van der Waals surface area contributed by atoms with Crippen LogP contribution in [0.2, 0.25) is 0 Å². The number of methoxy groups -OCH3 is 1. The number of ether oxygens (including phenoxy) is 1. The first-order valence-electron chi connectivity index (χ1n) is 11.2. The minimum atomic E-state index is -3.02. The Bertz CT molecular complexity index is 1240. The molecule has 1 aliphatic heterocycles. The van der Waals surface area contributed by atoms with E-state index < -0.39 is 9.84 Å². The Kier molecular flexibility index (Phi) is 5.45. The number of H-pyrrole nitrogens is 1. The number of aryl methyl sites for hydroxylation is 1. The van der Waals surface area contributed by atoms with Gasteiger partial charge in [0.15, 0.2) is 9.84 Å². The fourth-order valence-electron chi connectivity index (χ4n) is 4.88. The number of para-hydroxylation sites is 1. The number of aromatic nitrogens is 1. The molecule has 6 nitrogen and oxygen atoms in total. The summed E-state index contributed by atoms with van der Waals surface area (Å²) in [6.45, 7) is 0. The van der Waals surface area contributed by atoms with Gasteiger partial charge in [-0.3, -0.25) is 4.79 Å². The molecule has 2 aliphatic rings. The first kappa shape index (κ1) is 21.1. The van der Waals surface area contributed by atoms with Crippen molar-refractivity contribution in [1.29, 1.82) is 0 Å². The number of benzene rings is 2. The van der Waals surface area contributed by atoms with Crippen molar-refractivity contribution >= 4 is 26.6 Å². The fourth-order valence-corrected chi connectivity index (χ4v) is 6.59. The summed E-state index contributed by atoms with van der Waals surface area (Å²) in [7, 11) is -1.38. The number of rotatable bonds is 7. The van der Waals surface area contributed by atoms with Crippen LogP contribution >= 0.6 is 0 Å². The molecule has 2 aromatic carbocycles. The average Bonchev–Trinajstić information content (AvgIpc) is 3.46. The molecule has 1 N–H and O–H groups in total. The minimum absolute atomic E-state index is 0.0700. The van der Waals surface area contributed by atoms with E-state index in [0.29, 0.717) is 19.3 Å². The number of carbonyl (C=O) groups excluding carboxylic acids is 1. The zero-order valence-electron chi connectivity index (χ0n) is 18.2. The fraction of sp³-hybridized carbons (Fsp3) is 0.400. The molecule has 1 aromatic heterocycles. The Morgan fingerprint density at radius 1 is 1.06 bits per heavy atom. The normalized spacial score (nSPS) is 19.8. The number of nitrogens with one attached hydrogen (secondary N) is 1. The van der Waals surface area contributed by atoms with E-state index in [9.17, 15) is 13.2 Å². The average molecular weight is 453 g/mol. The summed E-state index contributed by atoms with van der Waals surface area (Å²) in [5, 5.41) is 1.12. The van der Waals surface area contributed by atoms with Crippen molar-refractivity contribution in [2.75, 3.05) is 18.6 Å². The topological polar surface area (TPSA) is 79.5 Å². The van der Waals surface area contributed by atoms with Gasteiger partial charge < -0.3 is 14.6 Å². The van der Waals surface area contributed by atoms with E-state index in [1.165, 1.54) is 0 Å². The van der Waals surface area contributed by atoms with E-state index in [-0.39, 0.29) is 29.5 Å². The highest BCUT2D eigenvalue weighted by molar-refractivity contribution is 7.91. The van der Waals surface area contributed by atoms with Gasteiger partial charge in [0, 0.05) is 35.1 Å². The quantitative estimate of drug-likeness (QED) is 0.589. The van der Waals surface area contributed by atoms with Gasteiger partial charge in [0.1, 0.15) is 5.75 Å². The van der Waals surface area contributed by atoms with Crippen LogP contribution < -0.4 is 4.74 Å². The summed E-state index contributed by atoms with van der Waals surface area (Å²) in [6, 6.07) is 16.1. The summed E-state index contributed by atoms with van der Waals surface area (Å²) in [4.78, 5) is 18.7. The number of aromatic amines is 1. The van der Waals surface area contributed by atoms with Gasteiger partial charge in [-0.1, -0.05) is 18.2 Å². The molecular weight excluding hydrogens is 424 g/mol. The van der Waals surface area contributed by atoms with Gasteiger partial charge >= 0.3 is 0 Å². The molecule has 5 rings (SSSR count). The SMILES string of the molecule is COc1ccc(-c2[nH]c3ccccc3c2CCC(=O)N(C2CC2)C2CCS(=O)(=O)C2)cc1. The van der Waals surface area contributed by atoms with Crippen LogP contribution in [0.1, 0.15) is 31.2 Å². The van der Waals surface area contributed by atoms with E-state index in [4.69, 9.17) is 4.74 Å².